The van der Waals surface area contributed by atoms with Crippen molar-refractivity contribution in [2.45, 2.75) is 52.0 Å². The van der Waals surface area contributed by atoms with Gasteiger partial charge in [-0.2, -0.15) is 13.9 Å². The molecule has 0 aliphatic carbocycles. The van der Waals surface area contributed by atoms with Crippen LogP contribution in [0.15, 0.2) is 0 Å². The number of hydrogen-bond acceptors (Lipinski definition) is 7. The van der Waals surface area contributed by atoms with Crippen LogP contribution < -0.4 is 21.6 Å². The highest BCUT2D eigenvalue weighted by molar-refractivity contribution is 7.80. The molecular weight excluding hydrogens is 394 g/mol. The SMILES string of the molecule is CCC[C@@H](C(=O)NNC(=O)CC1CCCNC1)N(CC)C(=O)NOS(=O)(=O)O. The lowest BCUT2D eigenvalue weighted by molar-refractivity contribution is -0.132. The van der Waals surface area contributed by atoms with Crippen LogP contribution >= 0.6 is 0 Å². The second-order valence-corrected chi connectivity index (χ2v) is 7.48. The summed E-state index contributed by atoms with van der Waals surface area (Å²) < 4.78 is 33.6. The number of hydrazine groups is 1. The van der Waals surface area contributed by atoms with E-state index in [4.69, 9.17) is 4.55 Å². The summed E-state index contributed by atoms with van der Waals surface area (Å²) in [6, 6.07) is -2.00. The summed E-state index contributed by atoms with van der Waals surface area (Å²) in [5, 5.41) is 3.21. The number of piperidine rings is 1. The van der Waals surface area contributed by atoms with E-state index in [0.717, 1.165) is 30.8 Å². The third-order valence-electron chi connectivity index (χ3n) is 4.27. The summed E-state index contributed by atoms with van der Waals surface area (Å²) >= 11 is 0. The third kappa shape index (κ3) is 8.82. The maximum atomic E-state index is 12.5. The van der Waals surface area contributed by atoms with Crippen molar-refractivity contribution >= 4 is 28.2 Å². The fraction of sp³-hybridized carbons (Fsp3) is 0.800. The van der Waals surface area contributed by atoms with E-state index in [9.17, 15) is 22.8 Å². The van der Waals surface area contributed by atoms with Gasteiger partial charge in [-0.05, 0) is 45.2 Å². The van der Waals surface area contributed by atoms with Crippen LogP contribution in [0, 0.1) is 5.92 Å². The van der Waals surface area contributed by atoms with Crippen molar-refractivity contribution < 1.29 is 31.6 Å². The Balaban J connectivity index is 2.61. The van der Waals surface area contributed by atoms with E-state index in [2.05, 4.69) is 20.5 Å². The van der Waals surface area contributed by atoms with Gasteiger partial charge in [0.05, 0.1) is 0 Å². The number of likely N-dealkylation sites (N-methyl/N-ethyl adjacent to an activating group) is 1. The fourth-order valence-corrected chi connectivity index (χ4v) is 3.16. The van der Waals surface area contributed by atoms with Crippen molar-refractivity contribution in [2.24, 2.45) is 5.92 Å². The van der Waals surface area contributed by atoms with Crippen LogP contribution in [-0.4, -0.2) is 61.4 Å². The van der Waals surface area contributed by atoms with Crippen molar-refractivity contribution in [3.8, 4) is 0 Å². The van der Waals surface area contributed by atoms with Gasteiger partial charge in [-0.3, -0.25) is 25.0 Å². The van der Waals surface area contributed by atoms with Gasteiger partial charge in [0.15, 0.2) is 0 Å². The fourth-order valence-electron chi connectivity index (χ4n) is 2.98. The minimum absolute atomic E-state index is 0.0560. The number of nitrogens with zero attached hydrogens (tertiary/aromatic N) is 1. The van der Waals surface area contributed by atoms with Crippen LogP contribution in [0.2, 0.25) is 0 Å². The number of urea groups is 1. The van der Waals surface area contributed by atoms with E-state index in [-0.39, 0.29) is 31.2 Å². The Hall–Kier alpha value is -1.96. The van der Waals surface area contributed by atoms with Gasteiger partial charge in [-0.25, -0.2) is 4.79 Å². The van der Waals surface area contributed by atoms with Gasteiger partial charge in [0.2, 0.25) is 5.91 Å². The lowest BCUT2D eigenvalue weighted by atomic mass is 9.96. The summed E-state index contributed by atoms with van der Waals surface area (Å²) in [4.78, 5) is 37.6. The smallest absolute Gasteiger partial charge is 0.316 e. The first-order chi connectivity index (χ1) is 13.2. The summed E-state index contributed by atoms with van der Waals surface area (Å²) in [5.74, 6) is -0.757. The average Bonchev–Trinajstić information content (AvgIpc) is 2.64. The van der Waals surface area contributed by atoms with E-state index in [1.165, 1.54) is 0 Å². The van der Waals surface area contributed by atoms with Crippen LogP contribution in [0.5, 0.6) is 0 Å². The number of nitrogens with one attached hydrogen (secondary N) is 4. The monoisotopic (exact) mass is 423 g/mol. The first kappa shape index (κ1) is 24.1. The Morgan fingerprint density at radius 3 is 2.54 bits per heavy atom. The molecular formula is C15H29N5O7S. The Labute approximate surface area is 164 Å². The van der Waals surface area contributed by atoms with E-state index in [0.29, 0.717) is 6.42 Å². The molecule has 0 spiro atoms. The number of rotatable bonds is 9. The molecule has 12 nitrogen and oxygen atoms in total. The molecule has 4 amide bonds. The number of hydroxylamine groups is 1. The quantitative estimate of drug-likeness (QED) is 0.243. The molecule has 13 heteroatoms. The standard InChI is InChI=1S/C15H29N5O7S/c1-3-6-12(20(4-2)15(23)19-27-28(24,25)26)14(22)18-17-13(21)9-11-7-5-8-16-10-11/h11-12,16H,3-10H2,1-2H3,(H,17,21)(H,18,22)(H,19,23)(H,24,25,26)/t11?,12-/m0/s1. The molecule has 0 aromatic rings. The van der Waals surface area contributed by atoms with Gasteiger partial charge in [-0.1, -0.05) is 13.3 Å². The molecule has 0 aromatic heterocycles. The first-order valence-corrected chi connectivity index (χ1v) is 10.6. The molecule has 1 fully saturated rings. The second-order valence-electron chi connectivity index (χ2n) is 6.46. The van der Waals surface area contributed by atoms with Gasteiger partial charge >= 0.3 is 16.4 Å². The number of hydrogen-bond donors (Lipinski definition) is 5. The Kier molecular flexibility index (Phi) is 10.1. The summed E-state index contributed by atoms with van der Waals surface area (Å²) in [5.41, 5.74) is 6.22. The van der Waals surface area contributed by atoms with Crippen LogP contribution in [0.25, 0.3) is 0 Å². The number of carbonyl (C=O) groups is 3. The van der Waals surface area contributed by atoms with Gasteiger partial charge in [0, 0.05) is 13.0 Å². The molecule has 1 saturated heterocycles. The van der Waals surface area contributed by atoms with E-state index < -0.39 is 28.4 Å². The Morgan fingerprint density at radius 2 is 2.00 bits per heavy atom. The third-order valence-corrected chi connectivity index (χ3v) is 4.57. The molecule has 1 aliphatic heterocycles. The van der Waals surface area contributed by atoms with Crippen molar-refractivity contribution in [3.63, 3.8) is 0 Å². The topological polar surface area (TPSA) is 166 Å². The van der Waals surface area contributed by atoms with Gasteiger partial charge in [-0.15, -0.1) is 4.28 Å². The molecule has 1 aliphatic rings. The highest BCUT2D eigenvalue weighted by Crippen LogP contribution is 2.13. The van der Waals surface area contributed by atoms with E-state index in [1.807, 2.05) is 0 Å². The first-order valence-electron chi connectivity index (χ1n) is 9.19. The normalized spacial score (nSPS) is 18.0. The highest BCUT2D eigenvalue weighted by atomic mass is 32.3. The van der Waals surface area contributed by atoms with E-state index >= 15 is 0 Å². The predicted octanol–water partition coefficient (Wildman–Crippen LogP) is -0.542. The average molecular weight is 423 g/mol. The Bertz CT molecular complexity index is 637. The molecule has 5 N–H and O–H groups in total. The maximum Gasteiger partial charge on any atom is 0.418 e. The largest absolute Gasteiger partial charge is 0.418 e. The molecule has 0 bridgehead atoms. The van der Waals surface area contributed by atoms with Crippen molar-refractivity contribution in [3.05, 3.63) is 0 Å². The summed E-state index contributed by atoms with van der Waals surface area (Å²) in [6.45, 7) is 5.12. The summed E-state index contributed by atoms with van der Waals surface area (Å²) in [6.07, 6.45) is 3.01. The molecule has 28 heavy (non-hydrogen) atoms. The highest BCUT2D eigenvalue weighted by Gasteiger charge is 2.29. The van der Waals surface area contributed by atoms with Crippen molar-refractivity contribution in [2.75, 3.05) is 19.6 Å². The maximum absolute atomic E-state index is 12.5. The molecule has 0 saturated carbocycles. The molecule has 0 aromatic carbocycles. The molecule has 1 unspecified atom stereocenters. The van der Waals surface area contributed by atoms with Crippen molar-refractivity contribution in [1.29, 1.82) is 0 Å². The number of carbonyl (C=O) groups excluding carboxylic acids is 3. The predicted molar refractivity (Wildman–Crippen MR) is 98.7 cm³/mol. The van der Waals surface area contributed by atoms with E-state index in [1.54, 1.807) is 19.3 Å². The second kappa shape index (κ2) is 11.8. The zero-order valence-corrected chi connectivity index (χ0v) is 16.9. The number of amides is 4. The lowest BCUT2D eigenvalue weighted by Crippen LogP contribution is -2.56. The lowest BCUT2D eigenvalue weighted by Gasteiger charge is -2.29. The minimum atomic E-state index is -4.88. The van der Waals surface area contributed by atoms with Crippen LogP contribution in [-0.2, 0) is 24.3 Å². The minimum Gasteiger partial charge on any atom is -0.316 e. The molecule has 1 rings (SSSR count). The van der Waals surface area contributed by atoms with Crippen molar-refractivity contribution in [1.82, 2.24) is 26.5 Å². The Morgan fingerprint density at radius 1 is 1.29 bits per heavy atom. The van der Waals surface area contributed by atoms with Crippen LogP contribution in [0.3, 0.4) is 0 Å². The van der Waals surface area contributed by atoms with Gasteiger partial charge in [0.1, 0.15) is 6.04 Å². The van der Waals surface area contributed by atoms with Gasteiger partial charge in [0.25, 0.3) is 5.91 Å². The zero-order chi connectivity index (χ0) is 21.2. The van der Waals surface area contributed by atoms with Crippen LogP contribution in [0.4, 0.5) is 4.79 Å². The molecule has 162 valence electrons. The van der Waals surface area contributed by atoms with Crippen LogP contribution in [0.1, 0.15) is 46.0 Å². The zero-order valence-electron chi connectivity index (χ0n) is 16.1. The summed E-state index contributed by atoms with van der Waals surface area (Å²) in [7, 11) is -4.88. The molecule has 2 atom stereocenters. The molecule has 0 radical (unpaired) electrons. The van der Waals surface area contributed by atoms with Gasteiger partial charge < -0.3 is 10.2 Å². The molecule has 1 heterocycles.